The van der Waals surface area contributed by atoms with Gasteiger partial charge in [0, 0.05) is 25.6 Å². The number of carbonyl (C=O) groups is 1. The van der Waals surface area contributed by atoms with E-state index >= 15 is 0 Å². The van der Waals surface area contributed by atoms with Gasteiger partial charge in [0.2, 0.25) is 15.9 Å². The third-order valence-corrected chi connectivity index (χ3v) is 9.66. The molecule has 186 valence electrons. The fourth-order valence-electron chi connectivity index (χ4n) is 4.68. The lowest BCUT2D eigenvalue weighted by molar-refractivity contribution is -0.123. The van der Waals surface area contributed by atoms with Crippen LogP contribution in [0.4, 0.5) is 9.52 Å². The molecule has 1 atom stereocenters. The second-order valence-electron chi connectivity index (χ2n) is 9.18. The zero-order valence-corrected chi connectivity index (χ0v) is 21.2. The Morgan fingerprint density at radius 2 is 1.91 bits per heavy atom. The van der Waals surface area contributed by atoms with Gasteiger partial charge in [0.15, 0.2) is 5.13 Å². The van der Waals surface area contributed by atoms with Crippen LogP contribution in [0.1, 0.15) is 31.2 Å². The van der Waals surface area contributed by atoms with Crippen molar-refractivity contribution in [1.29, 1.82) is 0 Å². The number of piperidine rings is 1. The van der Waals surface area contributed by atoms with Crippen LogP contribution in [0.15, 0.2) is 47.4 Å². The molecule has 0 radical (unpaired) electrons. The molecule has 2 fully saturated rings. The average molecular weight is 518 g/mol. The lowest BCUT2D eigenvalue weighted by atomic mass is 9.96. The fourth-order valence-corrected chi connectivity index (χ4v) is 7.15. The van der Waals surface area contributed by atoms with Crippen LogP contribution in [0.5, 0.6) is 0 Å². The molecule has 3 heterocycles. The minimum absolute atomic E-state index is 0.0651. The Hall–Kier alpha value is -2.40. The highest BCUT2D eigenvalue weighted by Crippen LogP contribution is 2.33. The number of rotatable bonds is 6. The molecule has 1 aromatic heterocycles. The summed E-state index contributed by atoms with van der Waals surface area (Å²) >= 11 is 1.29. The lowest BCUT2D eigenvalue weighted by Crippen LogP contribution is -2.46. The zero-order valence-electron chi connectivity index (χ0n) is 19.5. The first kappa shape index (κ1) is 24.3. The summed E-state index contributed by atoms with van der Waals surface area (Å²) in [6.07, 6.45) is 2.63. The molecule has 35 heavy (non-hydrogen) atoms. The van der Waals surface area contributed by atoms with Crippen LogP contribution in [0.3, 0.4) is 0 Å². The number of hydrogen-bond acceptors (Lipinski definition) is 6. The van der Waals surface area contributed by atoms with Crippen LogP contribution in [0.2, 0.25) is 0 Å². The first-order chi connectivity index (χ1) is 16.8. The van der Waals surface area contributed by atoms with E-state index in [4.69, 9.17) is 4.74 Å². The number of aryl methyl sites for hydroxylation is 1. The molecule has 7 nitrogen and oxygen atoms in total. The number of benzene rings is 2. The number of sulfonamides is 1. The van der Waals surface area contributed by atoms with Crippen LogP contribution in [-0.4, -0.2) is 56.0 Å². The normalized spacial score (nSPS) is 19.9. The summed E-state index contributed by atoms with van der Waals surface area (Å²) in [7, 11) is -3.60. The number of ether oxygens (including phenoxy) is 1. The Bertz CT molecular complexity index is 1310. The smallest absolute Gasteiger partial charge is 0.243 e. The van der Waals surface area contributed by atoms with Gasteiger partial charge >= 0.3 is 0 Å². The van der Waals surface area contributed by atoms with E-state index in [1.165, 1.54) is 27.8 Å². The molecule has 10 heteroatoms. The van der Waals surface area contributed by atoms with Gasteiger partial charge in [-0.05, 0) is 62.9 Å². The number of halogens is 1. The molecular formula is C25H28FN3O4S2. The highest BCUT2D eigenvalue weighted by atomic mass is 32.2. The number of hydrogen-bond donors (Lipinski definition) is 0. The average Bonchev–Trinajstić information content (AvgIpc) is 3.52. The molecule has 3 aromatic rings. The Morgan fingerprint density at radius 3 is 2.60 bits per heavy atom. The Kier molecular flexibility index (Phi) is 6.89. The van der Waals surface area contributed by atoms with Crippen molar-refractivity contribution in [3.05, 3.63) is 53.8 Å². The molecule has 0 N–H and O–H groups in total. The number of aromatic nitrogens is 1. The third-order valence-electron chi connectivity index (χ3n) is 6.71. The molecule has 1 unspecified atom stereocenters. The monoisotopic (exact) mass is 517 g/mol. The van der Waals surface area contributed by atoms with Crippen molar-refractivity contribution in [2.24, 2.45) is 5.92 Å². The maximum absolute atomic E-state index is 13.7. The topological polar surface area (TPSA) is 79.8 Å². The van der Waals surface area contributed by atoms with Gasteiger partial charge in [-0.25, -0.2) is 17.8 Å². The molecule has 0 spiro atoms. The van der Waals surface area contributed by atoms with Gasteiger partial charge in [-0.15, -0.1) is 0 Å². The Balaban J connectivity index is 1.33. The molecule has 5 rings (SSSR count). The number of nitrogens with zero attached hydrogens (tertiary/aromatic N) is 3. The van der Waals surface area contributed by atoms with E-state index in [1.54, 1.807) is 35.2 Å². The molecule has 0 bridgehead atoms. The van der Waals surface area contributed by atoms with Crippen molar-refractivity contribution in [3.63, 3.8) is 0 Å². The highest BCUT2D eigenvalue weighted by molar-refractivity contribution is 7.89. The Morgan fingerprint density at radius 1 is 1.17 bits per heavy atom. The van der Waals surface area contributed by atoms with Crippen molar-refractivity contribution in [1.82, 2.24) is 9.29 Å². The lowest BCUT2D eigenvalue weighted by Gasteiger charge is -2.33. The summed E-state index contributed by atoms with van der Waals surface area (Å²) in [5.41, 5.74) is 1.65. The van der Waals surface area contributed by atoms with Crippen LogP contribution < -0.4 is 4.90 Å². The predicted octanol–water partition coefficient (Wildman–Crippen LogP) is 4.36. The minimum atomic E-state index is -3.60. The van der Waals surface area contributed by atoms with Crippen LogP contribution in [-0.2, 0) is 19.6 Å². The van der Waals surface area contributed by atoms with Crippen LogP contribution >= 0.6 is 11.3 Å². The number of anilines is 1. The van der Waals surface area contributed by atoms with Gasteiger partial charge < -0.3 is 4.74 Å². The second-order valence-corrected chi connectivity index (χ2v) is 12.1. The second kappa shape index (κ2) is 9.93. The van der Waals surface area contributed by atoms with E-state index < -0.39 is 10.0 Å². The summed E-state index contributed by atoms with van der Waals surface area (Å²) in [6, 6.07) is 11.2. The zero-order chi connectivity index (χ0) is 24.6. The van der Waals surface area contributed by atoms with Crippen molar-refractivity contribution in [2.75, 3.05) is 31.1 Å². The van der Waals surface area contributed by atoms with E-state index in [0.717, 1.165) is 18.4 Å². The molecule has 2 aliphatic heterocycles. The molecule has 2 aliphatic rings. The summed E-state index contributed by atoms with van der Waals surface area (Å²) in [6.45, 7) is 3.55. The van der Waals surface area contributed by atoms with E-state index in [1.807, 2.05) is 6.92 Å². The van der Waals surface area contributed by atoms with Gasteiger partial charge in [0.1, 0.15) is 5.82 Å². The van der Waals surface area contributed by atoms with Gasteiger partial charge in [-0.2, -0.15) is 4.31 Å². The van der Waals surface area contributed by atoms with Gasteiger partial charge in [0.05, 0.1) is 27.8 Å². The van der Waals surface area contributed by atoms with Crippen molar-refractivity contribution < 1.29 is 22.3 Å². The summed E-state index contributed by atoms with van der Waals surface area (Å²) in [5, 5.41) is 0.529. The number of amides is 1. The first-order valence-corrected chi connectivity index (χ1v) is 14.1. The summed E-state index contributed by atoms with van der Waals surface area (Å²) in [5.74, 6) is -0.733. The number of thiazole rings is 1. The van der Waals surface area contributed by atoms with Gasteiger partial charge in [0.25, 0.3) is 0 Å². The van der Waals surface area contributed by atoms with E-state index in [9.17, 15) is 17.6 Å². The third kappa shape index (κ3) is 5.11. The van der Waals surface area contributed by atoms with E-state index in [0.29, 0.717) is 41.3 Å². The van der Waals surface area contributed by atoms with E-state index in [2.05, 4.69) is 4.98 Å². The Labute approximate surface area is 208 Å². The SMILES string of the molecule is Cc1ccc(S(=O)(=O)N2CCC(C(=O)N(CC3CCCO3)c3nc4ccc(F)cc4s3)CC2)cc1. The number of carbonyl (C=O) groups excluding carboxylic acids is 1. The summed E-state index contributed by atoms with van der Waals surface area (Å²) in [4.78, 5) is 20.2. The molecule has 2 aromatic carbocycles. The summed E-state index contributed by atoms with van der Waals surface area (Å²) < 4.78 is 47.8. The first-order valence-electron chi connectivity index (χ1n) is 11.9. The molecule has 1 amide bonds. The van der Waals surface area contributed by atoms with Crippen molar-refractivity contribution in [3.8, 4) is 0 Å². The van der Waals surface area contributed by atoms with Gasteiger partial charge in [-0.1, -0.05) is 29.0 Å². The largest absolute Gasteiger partial charge is 0.376 e. The quantitative estimate of drug-likeness (QED) is 0.486. The minimum Gasteiger partial charge on any atom is -0.376 e. The molecule has 2 saturated heterocycles. The number of fused-ring (bicyclic) bond motifs is 1. The van der Waals surface area contributed by atoms with Crippen molar-refractivity contribution in [2.45, 2.75) is 43.6 Å². The molecular weight excluding hydrogens is 489 g/mol. The van der Waals surface area contributed by atoms with E-state index in [-0.39, 0.29) is 41.7 Å². The van der Waals surface area contributed by atoms with Gasteiger partial charge in [-0.3, -0.25) is 9.69 Å². The van der Waals surface area contributed by atoms with Crippen LogP contribution in [0, 0.1) is 18.7 Å². The van der Waals surface area contributed by atoms with Crippen LogP contribution in [0.25, 0.3) is 10.2 Å². The molecule has 0 saturated carbocycles. The highest BCUT2D eigenvalue weighted by Gasteiger charge is 2.36. The molecule has 0 aliphatic carbocycles. The maximum Gasteiger partial charge on any atom is 0.243 e. The van der Waals surface area contributed by atoms with Crippen molar-refractivity contribution >= 4 is 42.6 Å². The standard InChI is InChI=1S/C25H28FN3O4S2/c1-17-4-7-21(8-5-17)35(31,32)28-12-10-18(11-13-28)24(30)29(16-20-3-2-14-33-20)25-27-22-9-6-19(26)15-23(22)34-25/h4-9,15,18,20H,2-3,10-14,16H2,1H3. The fraction of sp³-hybridized carbons (Fsp3) is 0.440. The predicted molar refractivity (Wildman–Crippen MR) is 134 cm³/mol. The maximum atomic E-state index is 13.7.